The Balaban J connectivity index is 2.45. The van der Waals surface area contributed by atoms with Gasteiger partial charge in [0.25, 0.3) is 0 Å². The Morgan fingerprint density at radius 3 is 2.67 bits per heavy atom. The Morgan fingerprint density at radius 2 is 2.06 bits per heavy atom. The predicted molar refractivity (Wildman–Crippen MR) is 72.6 cm³/mol. The molecule has 1 aliphatic rings. The fourth-order valence-electron chi connectivity index (χ4n) is 2.10. The predicted octanol–water partition coefficient (Wildman–Crippen LogP) is 1.27. The van der Waals surface area contributed by atoms with Crippen molar-refractivity contribution in [2.75, 3.05) is 6.54 Å². The molecule has 0 spiro atoms. The number of hydrogen-bond acceptors (Lipinski definition) is 4. The van der Waals surface area contributed by atoms with E-state index in [1.165, 1.54) is 5.41 Å². The third-order valence-corrected chi connectivity index (χ3v) is 4.59. The van der Waals surface area contributed by atoms with Crippen molar-refractivity contribution >= 4 is 15.4 Å². The van der Waals surface area contributed by atoms with Crippen molar-refractivity contribution in [1.29, 1.82) is 0 Å². The fraction of sp³-hybridized carbons (Fsp3) is 0.385. The molecule has 0 bridgehead atoms. The summed E-state index contributed by atoms with van der Waals surface area (Å²) in [4.78, 5) is 0.382. The van der Waals surface area contributed by atoms with Gasteiger partial charge in [-0.1, -0.05) is 32.0 Å². The maximum Gasteiger partial charge on any atom is 0.201 e. The van der Waals surface area contributed by atoms with Gasteiger partial charge in [0.2, 0.25) is 9.84 Å². The van der Waals surface area contributed by atoms with E-state index in [1.807, 2.05) is 26.0 Å². The van der Waals surface area contributed by atoms with E-state index < -0.39 is 9.84 Å². The summed E-state index contributed by atoms with van der Waals surface area (Å²) < 4.78 is 24.3. The molecular formula is C13H18N2O2S. The molecule has 1 aromatic carbocycles. The molecule has 0 fully saturated rings. The number of benzene rings is 1. The van der Waals surface area contributed by atoms with Gasteiger partial charge in [0.05, 0.1) is 4.90 Å². The molecule has 18 heavy (non-hydrogen) atoms. The molecule has 0 amide bonds. The largest absolute Gasteiger partial charge is 0.326 e. The Kier molecular flexibility index (Phi) is 3.56. The van der Waals surface area contributed by atoms with Gasteiger partial charge in [-0.3, -0.25) is 0 Å². The van der Waals surface area contributed by atoms with Crippen LogP contribution in [-0.2, 0) is 16.4 Å². The minimum atomic E-state index is -3.33. The van der Waals surface area contributed by atoms with E-state index in [0.29, 0.717) is 23.0 Å². The molecule has 0 aliphatic carbocycles. The third-order valence-electron chi connectivity index (χ3n) is 2.95. The zero-order chi connectivity index (χ0) is 13.3. The lowest BCUT2D eigenvalue weighted by molar-refractivity contribution is 0.604. The Hall–Kier alpha value is -1.17. The normalized spacial score (nSPS) is 16.8. The summed E-state index contributed by atoms with van der Waals surface area (Å²) in [6.45, 7) is 4.85. The van der Waals surface area contributed by atoms with E-state index in [-0.39, 0.29) is 6.54 Å². The molecule has 0 unspecified atom stereocenters. The molecule has 1 aromatic rings. The Morgan fingerprint density at radius 1 is 1.33 bits per heavy atom. The molecule has 98 valence electrons. The van der Waals surface area contributed by atoms with E-state index in [1.54, 1.807) is 6.07 Å². The second-order valence-corrected chi connectivity index (χ2v) is 6.46. The smallest absolute Gasteiger partial charge is 0.201 e. The summed E-state index contributed by atoms with van der Waals surface area (Å²) in [5.74, 6) is 0. The van der Waals surface area contributed by atoms with Gasteiger partial charge in [0, 0.05) is 24.5 Å². The molecule has 1 heterocycles. The molecule has 0 saturated heterocycles. The van der Waals surface area contributed by atoms with E-state index in [2.05, 4.69) is 5.32 Å². The van der Waals surface area contributed by atoms with Gasteiger partial charge < -0.3 is 11.1 Å². The zero-order valence-electron chi connectivity index (χ0n) is 10.6. The van der Waals surface area contributed by atoms with E-state index >= 15 is 0 Å². The minimum Gasteiger partial charge on any atom is -0.326 e. The standard InChI is InChI=1S/C13H18N2O2S/c1-9(2)15-7-11-8-18(16,17)13-10(6-14)4-3-5-12(11)13/h3-5,8-9,15H,6-7,14H2,1-2H3. The summed E-state index contributed by atoms with van der Waals surface area (Å²) in [7, 11) is -3.33. The van der Waals surface area contributed by atoms with Gasteiger partial charge in [-0.15, -0.1) is 0 Å². The van der Waals surface area contributed by atoms with Crippen LogP contribution < -0.4 is 11.1 Å². The lowest BCUT2D eigenvalue weighted by Crippen LogP contribution is -2.24. The minimum absolute atomic E-state index is 0.237. The number of nitrogens with two attached hydrogens (primary N) is 1. The first-order valence-electron chi connectivity index (χ1n) is 5.97. The highest BCUT2D eigenvalue weighted by atomic mass is 32.2. The van der Waals surface area contributed by atoms with Gasteiger partial charge in [-0.05, 0) is 16.7 Å². The van der Waals surface area contributed by atoms with Crippen molar-refractivity contribution in [2.24, 2.45) is 5.73 Å². The van der Waals surface area contributed by atoms with Crippen molar-refractivity contribution in [3.63, 3.8) is 0 Å². The fourth-order valence-corrected chi connectivity index (χ4v) is 3.82. The van der Waals surface area contributed by atoms with Gasteiger partial charge in [0.15, 0.2) is 0 Å². The van der Waals surface area contributed by atoms with Crippen molar-refractivity contribution in [2.45, 2.75) is 31.3 Å². The highest BCUT2D eigenvalue weighted by Crippen LogP contribution is 2.35. The van der Waals surface area contributed by atoms with E-state index in [4.69, 9.17) is 5.73 Å². The molecule has 0 saturated carbocycles. The molecule has 1 aliphatic heterocycles. The molecule has 0 radical (unpaired) electrons. The first-order valence-corrected chi connectivity index (χ1v) is 7.51. The number of sulfone groups is 1. The maximum atomic E-state index is 12.1. The summed E-state index contributed by atoms with van der Waals surface area (Å²) in [5, 5.41) is 4.59. The second kappa shape index (κ2) is 4.84. The Labute approximate surface area is 108 Å². The van der Waals surface area contributed by atoms with Gasteiger partial charge in [0.1, 0.15) is 0 Å². The van der Waals surface area contributed by atoms with Crippen LogP contribution in [0.1, 0.15) is 25.0 Å². The van der Waals surface area contributed by atoms with Crippen LogP contribution >= 0.6 is 0 Å². The van der Waals surface area contributed by atoms with Gasteiger partial charge >= 0.3 is 0 Å². The van der Waals surface area contributed by atoms with Crippen LogP contribution in [0.5, 0.6) is 0 Å². The van der Waals surface area contributed by atoms with Gasteiger partial charge in [-0.25, -0.2) is 8.42 Å². The maximum absolute atomic E-state index is 12.1. The average molecular weight is 266 g/mol. The van der Waals surface area contributed by atoms with Crippen LogP contribution in [0.3, 0.4) is 0 Å². The first-order chi connectivity index (χ1) is 8.45. The number of fused-ring (bicyclic) bond motifs is 1. The second-order valence-electron chi connectivity index (χ2n) is 4.72. The van der Waals surface area contributed by atoms with Crippen LogP contribution in [0.15, 0.2) is 28.5 Å². The number of nitrogens with one attached hydrogen (secondary N) is 1. The third kappa shape index (κ3) is 2.34. The molecule has 2 rings (SSSR count). The topological polar surface area (TPSA) is 72.2 Å². The number of hydrogen-bond donors (Lipinski definition) is 2. The van der Waals surface area contributed by atoms with Gasteiger partial charge in [-0.2, -0.15) is 0 Å². The van der Waals surface area contributed by atoms with Crippen LogP contribution in [-0.4, -0.2) is 21.0 Å². The zero-order valence-corrected chi connectivity index (χ0v) is 11.4. The summed E-state index contributed by atoms with van der Waals surface area (Å²) in [6, 6.07) is 5.77. The molecule has 5 heteroatoms. The van der Waals surface area contributed by atoms with E-state index in [9.17, 15) is 8.42 Å². The molecular weight excluding hydrogens is 248 g/mol. The van der Waals surface area contributed by atoms with Crippen LogP contribution in [0.2, 0.25) is 0 Å². The quantitative estimate of drug-likeness (QED) is 0.861. The lowest BCUT2D eigenvalue weighted by atomic mass is 10.0. The lowest BCUT2D eigenvalue weighted by Gasteiger charge is -2.10. The monoisotopic (exact) mass is 266 g/mol. The molecule has 0 aromatic heterocycles. The van der Waals surface area contributed by atoms with Crippen LogP contribution in [0, 0.1) is 0 Å². The molecule has 3 N–H and O–H groups in total. The SMILES string of the molecule is CC(C)NCC1=CS(=O)(=O)c2c(CN)cccc21. The molecule has 4 nitrogen and oxygen atoms in total. The van der Waals surface area contributed by atoms with E-state index in [0.717, 1.165) is 11.1 Å². The Bertz CT molecular complexity index is 589. The molecule has 0 atom stereocenters. The highest BCUT2D eigenvalue weighted by Gasteiger charge is 2.28. The summed E-state index contributed by atoms with van der Waals surface area (Å²) in [5.41, 5.74) is 7.89. The summed E-state index contributed by atoms with van der Waals surface area (Å²) in [6.07, 6.45) is 0. The first kappa shape index (κ1) is 13.3. The van der Waals surface area contributed by atoms with Crippen molar-refractivity contribution in [3.05, 3.63) is 34.7 Å². The van der Waals surface area contributed by atoms with Crippen molar-refractivity contribution in [3.8, 4) is 0 Å². The summed E-state index contributed by atoms with van der Waals surface area (Å²) >= 11 is 0. The van der Waals surface area contributed by atoms with Crippen LogP contribution in [0.4, 0.5) is 0 Å². The van der Waals surface area contributed by atoms with Crippen LogP contribution in [0.25, 0.3) is 5.57 Å². The van der Waals surface area contributed by atoms with Crippen molar-refractivity contribution in [1.82, 2.24) is 5.32 Å². The number of rotatable bonds is 4. The highest BCUT2D eigenvalue weighted by molar-refractivity contribution is 7.95. The van der Waals surface area contributed by atoms with Crippen molar-refractivity contribution < 1.29 is 8.42 Å². The average Bonchev–Trinajstić information content (AvgIpc) is 2.59.